The summed E-state index contributed by atoms with van der Waals surface area (Å²) in [6.45, 7) is 4.41. The zero-order chi connectivity index (χ0) is 22.3. The van der Waals surface area contributed by atoms with Gasteiger partial charge in [0.25, 0.3) is 0 Å². The van der Waals surface area contributed by atoms with Gasteiger partial charge in [-0.15, -0.1) is 0 Å². The molecule has 0 unspecified atom stereocenters. The summed E-state index contributed by atoms with van der Waals surface area (Å²) in [5, 5.41) is 0.420. The highest BCUT2D eigenvalue weighted by molar-refractivity contribution is 7.91. The van der Waals surface area contributed by atoms with Crippen molar-refractivity contribution in [3.8, 4) is 23.0 Å². The molecule has 2 aliphatic heterocycles. The number of fused-ring (bicyclic) bond motifs is 1. The van der Waals surface area contributed by atoms with Crippen LogP contribution in [0.5, 0.6) is 11.5 Å². The largest absolute Gasteiger partial charge is 0.486 e. The Morgan fingerprint density at radius 3 is 2.53 bits per heavy atom. The molecule has 3 aromatic rings. The van der Waals surface area contributed by atoms with Gasteiger partial charge in [0.15, 0.2) is 11.5 Å². The number of piperidine rings is 1. The molecule has 7 nitrogen and oxygen atoms in total. The van der Waals surface area contributed by atoms with Crippen LogP contribution in [0.3, 0.4) is 0 Å². The van der Waals surface area contributed by atoms with E-state index in [1.165, 1.54) is 12.1 Å². The fourth-order valence-corrected chi connectivity index (χ4v) is 5.46. The number of nitrogens with zero attached hydrogens (tertiary/aromatic N) is 2. The second-order valence-corrected chi connectivity index (χ2v) is 10.4. The quantitative estimate of drug-likeness (QED) is 0.535. The minimum Gasteiger partial charge on any atom is -0.486 e. The zero-order valence-electron chi connectivity index (χ0n) is 17.6. The predicted molar refractivity (Wildman–Crippen MR) is 120 cm³/mol. The van der Waals surface area contributed by atoms with E-state index in [4.69, 9.17) is 25.5 Å². The van der Waals surface area contributed by atoms with Crippen LogP contribution >= 0.6 is 11.6 Å². The first-order valence-electron chi connectivity index (χ1n) is 10.6. The molecule has 0 radical (unpaired) electrons. The maximum Gasteiger partial charge on any atom is 0.236 e. The summed E-state index contributed by atoms with van der Waals surface area (Å²) in [4.78, 5) is 6.50. The maximum absolute atomic E-state index is 13.7. The van der Waals surface area contributed by atoms with Crippen molar-refractivity contribution < 1.29 is 22.3 Å². The third kappa shape index (κ3) is 3.93. The van der Waals surface area contributed by atoms with E-state index in [1.54, 1.807) is 30.3 Å². The molecular weight excluding hydrogens is 452 g/mol. The third-order valence-corrected chi connectivity index (χ3v) is 7.68. The number of ether oxygens (including phenoxy) is 2. The first-order chi connectivity index (χ1) is 15.4. The smallest absolute Gasteiger partial charge is 0.236 e. The topological polar surface area (TPSA) is 81.9 Å². The highest BCUT2D eigenvalue weighted by Crippen LogP contribution is 2.39. The van der Waals surface area contributed by atoms with E-state index in [1.807, 2.05) is 4.90 Å². The Morgan fingerprint density at radius 2 is 1.78 bits per heavy atom. The van der Waals surface area contributed by atoms with Gasteiger partial charge in [-0.1, -0.05) is 24.6 Å². The molecule has 1 fully saturated rings. The lowest BCUT2D eigenvalue weighted by Crippen LogP contribution is -2.33. The normalized spacial score (nSPS) is 16.9. The van der Waals surface area contributed by atoms with Crippen molar-refractivity contribution >= 4 is 27.3 Å². The monoisotopic (exact) mass is 474 g/mol. The SMILES string of the molecule is CC1CCN(c2oc(-c3cccc(Cl)c3)nc2S(=O)(=O)c2ccc3c(c2)OCCO3)CC1. The molecule has 0 spiro atoms. The Kier molecular flexibility index (Phi) is 5.51. The average Bonchev–Trinajstić information content (AvgIpc) is 3.26. The highest BCUT2D eigenvalue weighted by Gasteiger charge is 2.33. The molecule has 0 bridgehead atoms. The van der Waals surface area contributed by atoms with Gasteiger partial charge in [0.05, 0.1) is 4.90 Å². The number of aromatic nitrogens is 1. The highest BCUT2D eigenvalue weighted by atomic mass is 35.5. The molecule has 1 saturated heterocycles. The van der Waals surface area contributed by atoms with Crippen LogP contribution in [0.15, 0.2) is 56.8 Å². The summed E-state index contributed by atoms with van der Waals surface area (Å²) >= 11 is 6.14. The van der Waals surface area contributed by atoms with Crippen LogP contribution in [0.1, 0.15) is 19.8 Å². The number of rotatable bonds is 4. The lowest BCUT2D eigenvalue weighted by Gasteiger charge is -2.30. The van der Waals surface area contributed by atoms with Gasteiger partial charge in [0.2, 0.25) is 26.6 Å². The summed E-state index contributed by atoms with van der Waals surface area (Å²) in [6, 6.07) is 11.6. The number of benzene rings is 2. The molecule has 1 aromatic heterocycles. The van der Waals surface area contributed by atoms with Crippen molar-refractivity contribution in [2.45, 2.75) is 29.7 Å². The summed E-state index contributed by atoms with van der Waals surface area (Å²) in [6.07, 6.45) is 1.91. The van der Waals surface area contributed by atoms with Gasteiger partial charge in [-0.3, -0.25) is 0 Å². The molecule has 0 N–H and O–H groups in total. The first kappa shape index (κ1) is 21.2. The molecule has 5 rings (SSSR count). The minimum absolute atomic E-state index is 0.0827. The second-order valence-electron chi connectivity index (χ2n) is 8.12. The molecule has 0 atom stereocenters. The summed E-state index contributed by atoms with van der Waals surface area (Å²) in [5.41, 5.74) is 0.618. The van der Waals surface area contributed by atoms with Crippen molar-refractivity contribution in [3.05, 3.63) is 47.5 Å². The van der Waals surface area contributed by atoms with Crippen molar-refractivity contribution in [2.75, 3.05) is 31.2 Å². The number of sulfone groups is 1. The number of halogens is 1. The van der Waals surface area contributed by atoms with Crippen LogP contribution in [0.25, 0.3) is 11.5 Å². The Hall–Kier alpha value is -2.71. The third-order valence-electron chi connectivity index (χ3n) is 5.80. The number of hydrogen-bond donors (Lipinski definition) is 0. The summed E-state index contributed by atoms with van der Waals surface area (Å²) in [5.74, 6) is 2.00. The molecule has 2 aliphatic rings. The van der Waals surface area contributed by atoms with E-state index in [9.17, 15) is 8.42 Å². The number of oxazole rings is 1. The number of hydrogen-bond acceptors (Lipinski definition) is 7. The van der Waals surface area contributed by atoms with Gasteiger partial charge in [-0.05, 0) is 49.1 Å². The van der Waals surface area contributed by atoms with Crippen LogP contribution in [0.4, 0.5) is 5.88 Å². The molecule has 3 heterocycles. The second kappa shape index (κ2) is 8.33. The van der Waals surface area contributed by atoms with Crippen LogP contribution in [0.2, 0.25) is 5.02 Å². The fourth-order valence-electron chi connectivity index (χ4n) is 3.93. The first-order valence-corrected chi connectivity index (χ1v) is 12.4. The van der Waals surface area contributed by atoms with Gasteiger partial charge < -0.3 is 18.8 Å². The summed E-state index contributed by atoms with van der Waals surface area (Å²) in [7, 11) is -3.98. The predicted octanol–water partition coefficient (Wildman–Crippen LogP) is 4.84. The maximum atomic E-state index is 13.7. The Balaban J connectivity index is 1.61. The zero-order valence-corrected chi connectivity index (χ0v) is 19.2. The van der Waals surface area contributed by atoms with Crippen LogP contribution in [-0.4, -0.2) is 39.7 Å². The van der Waals surface area contributed by atoms with E-state index in [0.29, 0.717) is 54.3 Å². The van der Waals surface area contributed by atoms with E-state index < -0.39 is 9.84 Å². The Morgan fingerprint density at radius 1 is 1.03 bits per heavy atom. The lowest BCUT2D eigenvalue weighted by atomic mass is 9.99. The van der Waals surface area contributed by atoms with E-state index >= 15 is 0 Å². The van der Waals surface area contributed by atoms with Crippen LogP contribution < -0.4 is 14.4 Å². The minimum atomic E-state index is -3.98. The van der Waals surface area contributed by atoms with Gasteiger partial charge in [0.1, 0.15) is 13.2 Å². The molecule has 0 aliphatic carbocycles. The van der Waals surface area contributed by atoms with Crippen molar-refractivity contribution in [3.63, 3.8) is 0 Å². The molecule has 2 aromatic carbocycles. The summed E-state index contributed by atoms with van der Waals surface area (Å²) < 4.78 is 44.6. The Bertz CT molecular complexity index is 1250. The van der Waals surface area contributed by atoms with Crippen molar-refractivity contribution in [1.82, 2.24) is 4.98 Å². The van der Waals surface area contributed by atoms with Gasteiger partial charge in [0, 0.05) is 29.7 Å². The molecule has 32 heavy (non-hydrogen) atoms. The Labute approximate surface area is 191 Å². The molecule has 0 amide bonds. The van der Waals surface area contributed by atoms with Gasteiger partial charge >= 0.3 is 0 Å². The number of anilines is 1. The van der Waals surface area contributed by atoms with E-state index in [0.717, 1.165) is 12.8 Å². The fraction of sp³-hybridized carbons (Fsp3) is 0.348. The van der Waals surface area contributed by atoms with E-state index in [-0.39, 0.29) is 21.7 Å². The van der Waals surface area contributed by atoms with Crippen molar-refractivity contribution in [1.29, 1.82) is 0 Å². The van der Waals surface area contributed by atoms with Crippen molar-refractivity contribution in [2.24, 2.45) is 5.92 Å². The molecule has 0 saturated carbocycles. The van der Waals surface area contributed by atoms with Crippen LogP contribution in [0, 0.1) is 5.92 Å². The van der Waals surface area contributed by atoms with Gasteiger partial charge in [-0.2, -0.15) is 4.98 Å². The van der Waals surface area contributed by atoms with Gasteiger partial charge in [-0.25, -0.2) is 8.42 Å². The van der Waals surface area contributed by atoms with E-state index in [2.05, 4.69) is 11.9 Å². The standard InChI is InChI=1S/C23H23ClN2O5S/c1-15-7-9-26(10-8-15)23-22(25-21(31-23)16-3-2-4-17(24)13-16)32(27,28)18-5-6-19-20(14-18)30-12-11-29-19/h2-6,13-15H,7-12H2,1H3. The average molecular weight is 475 g/mol. The molecule has 9 heteroatoms. The molecule has 168 valence electrons. The molecular formula is C23H23ClN2O5S. The lowest BCUT2D eigenvalue weighted by molar-refractivity contribution is 0.171. The van der Waals surface area contributed by atoms with Crippen LogP contribution in [-0.2, 0) is 9.84 Å².